The van der Waals surface area contributed by atoms with E-state index in [2.05, 4.69) is 37.5 Å². The lowest BCUT2D eigenvalue weighted by atomic mass is 10.1. The molecule has 2 N–H and O–H groups in total. The van der Waals surface area contributed by atoms with Crippen molar-refractivity contribution >= 4 is 38.4 Å². The maximum Gasteiger partial charge on any atom is 0.227 e. The third-order valence-electron chi connectivity index (χ3n) is 4.62. The number of amides is 1. The molecule has 128 valence electrons. The number of H-pyrrole nitrogens is 1. The number of anilines is 1. The average molecular weight is 399 g/mol. The smallest absolute Gasteiger partial charge is 0.227 e. The minimum absolute atomic E-state index is 0.192. The van der Waals surface area contributed by atoms with Crippen LogP contribution in [0.25, 0.3) is 10.9 Å². The number of halogens is 1. The minimum Gasteiger partial charge on any atom is -0.380 e. The van der Waals surface area contributed by atoms with Crippen molar-refractivity contribution in [3.05, 3.63) is 58.7 Å². The lowest BCUT2D eigenvalue weighted by Crippen LogP contribution is -2.32. The number of aromatic amines is 1. The summed E-state index contributed by atoms with van der Waals surface area (Å²) in [4.78, 5) is 14.5. The summed E-state index contributed by atoms with van der Waals surface area (Å²) in [7, 11) is 0. The maximum absolute atomic E-state index is 12.5. The minimum atomic E-state index is 0.192. The third-order valence-corrected chi connectivity index (χ3v) is 5.15. The molecule has 4 rings (SSSR count). The number of fused-ring (bicyclic) bond motifs is 1. The monoisotopic (exact) mass is 398 g/mol. The average Bonchev–Trinajstić information content (AvgIpc) is 3.26. The number of likely N-dealkylation sites (tertiary alicyclic amines) is 1. The molecular formula is C19H19BrN4O. The highest BCUT2D eigenvalue weighted by atomic mass is 79.9. The van der Waals surface area contributed by atoms with Crippen LogP contribution in [0.3, 0.4) is 0 Å². The first-order valence-electron chi connectivity index (χ1n) is 8.39. The topological polar surface area (TPSA) is 61.0 Å². The van der Waals surface area contributed by atoms with Crippen LogP contribution in [0.2, 0.25) is 0 Å². The van der Waals surface area contributed by atoms with Gasteiger partial charge in [-0.2, -0.15) is 5.10 Å². The number of hydrogen-bond donors (Lipinski definition) is 2. The standard InChI is InChI=1S/C19H19BrN4O/c20-15-3-1-13(2-4-15)9-19(25)24-8-7-17(12-24)22-16-5-6-18-14(10-16)11-21-23-18/h1-6,10-11,17,22H,7-9,12H2,(H,21,23). The zero-order valence-corrected chi connectivity index (χ0v) is 15.3. The Kier molecular flexibility index (Phi) is 4.44. The van der Waals surface area contributed by atoms with E-state index in [0.717, 1.165) is 46.1 Å². The molecule has 1 atom stereocenters. The van der Waals surface area contributed by atoms with E-state index >= 15 is 0 Å². The van der Waals surface area contributed by atoms with Crippen LogP contribution in [0.5, 0.6) is 0 Å². The highest BCUT2D eigenvalue weighted by Crippen LogP contribution is 2.21. The van der Waals surface area contributed by atoms with E-state index in [-0.39, 0.29) is 5.91 Å². The van der Waals surface area contributed by atoms with Crippen LogP contribution in [-0.4, -0.2) is 40.1 Å². The summed E-state index contributed by atoms with van der Waals surface area (Å²) in [6, 6.07) is 14.4. The first-order chi connectivity index (χ1) is 12.2. The zero-order valence-electron chi connectivity index (χ0n) is 13.7. The van der Waals surface area contributed by atoms with Crippen LogP contribution in [-0.2, 0) is 11.2 Å². The number of aromatic nitrogens is 2. The molecule has 25 heavy (non-hydrogen) atoms. The summed E-state index contributed by atoms with van der Waals surface area (Å²) in [5, 5.41) is 11.6. The van der Waals surface area contributed by atoms with E-state index < -0.39 is 0 Å². The number of carbonyl (C=O) groups is 1. The van der Waals surface area contributed by atoms with Crippen molar-refractivity contribution in [2.75, 3.05) is 18.4 Å². The van der Waals surface area contributed by atoms with E-state index in [1.54, 1.807) is 0 Å². The molecule has 0 saturated carbocycles. The molecule has 6 heteroatoms. The second kappa shape index (κ2) is 6.88. The van der Waals surface area contributed by atoms with E-state index in [1.165, 1.54) is 0 Å². The molecule has 0 bridgehead atoms. The molecule has 1 aromatic heterocycles. The third kappa shape index (κ3) is 3.69. The normalized spacial score (nSPS) is 17.2. The quantitative estimate of drug-likeness (QED) is 0.705. The predicted molar refractivity (Wildman–Crippen MR) is 103 cm³/mol. The summed E-state index contributed by atoms with van der Waals surface area (Å²) < 4.78 is 1.03. The molecule has 1 unspecified atom stereocenters. The molecule has 1 aliphatic rings. The first-order valence-corrected chi connectivity index (χ1v) is 9.18. The van der Waals surface area contributed by atoms with Crippen molar-refractivity contribution in [3.8, 4) is 0 Å². The lowest BCUT2D eigenvalue weighted by molar-refractivity contribution is -0.129. The zero-order chi connectivity index (χ0) is 17.2. The van der Waals surface area contributed by atoms with Gasteiger partial charge in [0.2, 0.25) is 5.91 Å². The Bertz CT molecular complexity index is 890. The van der Waals surface area contributed by atoms with Crippen molar-refractivity contribution in [3.63, 3.8) is 0 Å². The fourth-order valence-corrected chi connectivity index (χ4v) is 3.53. The van der Waals surface area contributed by atoms with E-state index in [1.807, 2.05) is 47.5 Å². The van der Waals surface area contributed by atoms with Crippen LogP contribution in [0, 0.1) is 0 Å². The van der Waals surface area contributed by atoms with Crippen LogP contribution >= 0.6 is 15.9 Å². The summed E-state index contributed by atoms with van der Waals surface area (Å²) in [6.45, 7) is 1.56. The van der Waals surface area contributed by atoms with Crippen molar-refractivity contribution in [1.82, 2.24) is 15.1 Å². The first kappa shape index (κ1) is 16.1. The van der Waals surface area contributed by atoms with Gasteiger partial charge in [-0.05, 0) is 42.3 Å². The number of carbonyl (C=O) groups excluding carboxylic acids is 1. The summed E-state index contributed by atoms with van der Waals surface area (Å²) in [6.07, 6.45) is 3.25. The van der Waals surface area contributed by atoms with Gasteiger partial charge in [-0.25, -0.2) is 0 Å². The molecule has 2 aromatic carbocycles. The van der Waals surface area contributed by atoms with Gasteiger partial charge in [0, 0.05) is 34.7 Å². The molecule has 1 aliphatic heterocycles. The highest BCUT2D eigenvalue weighted by molar-refractivity contribution is 9.10. The van der Waals surface area contributed by atoms with Gasteiger partial charge in [0.25, 0.3) is 0 Å². The second-order valence-corrected chi connectivity index (χ2v) is 7.36. The van der Waals surface area contributed by atoms with Crippen LogP contribution < -0.4 is 5.32 Å². The number of rotatable bonds is 4. The fraction of sp³-hybridized carbons (Fsp3) is 0.263. The highest BCUT2D eigenvalue weighted by Gasteiger charge is 2.26. The largest absolute Gasteiger partial charge is 0.380 e. The molecule has 0 radical (unpaired) electrons. The number of benzene rings is 2. The van der Waals surface area contributed by atoms with Gasteiger partial charge >= 0.3 is 0 Å². The van der Waals surface area contributed by atoms with Gasteiger partial charge in [0.15, 0.2) is 0 Å². The molecular weight excluding hydrogens is 380 g/mol. The molecule has 1 fully saturated rings. The van der Waals surface area contributed by atoms with Gasteiger partial charge < -0.3 is 10.2 Å². The Morgan fingerprint density at radius 1 is 1.28 bits per heavy atom. The maximum atomic E-state index is 12.5. The molecule has 1 saturated heterocycles. The van der Waals surface area contributed by atoms with Crippen molar-refractivity contribution in [2.24, 2.45) is 0 Å². The Morgan fingerprint density at radius 2 is 2.12 bits per heavy atom. The Balaban J connectivity index is 1.35. The fourth-order valence-electron chi connectivity index (χ4n) is 3.26. The SMILES string of the molecule is O=C(Cc1ccc(Br)cc1)N1CCC(Nc2ccc3[nH]ncc3c2)C1. The summed E-state index contributed by atoms with van der Waals surface area (Å²) >= 11 is 3.42. The molecule has 3 aromatic rings. The van der Waals surface area contributed by atoms with Crippen LogP contribution in [0.4, 0.5) is 5.69 Å². The van der Waals surface area contributed by atoms with Gasteiger partial charge in [-0.3, -0.25) is 9.89 Å². The Hall–Kier alpha value is -2.34. The van der Waals surface area contributed by atoms with Crippen molar-refractivity contribution < 1.29 is 4.79 Å². The van der Waals surface area contributed by atoms with Crippen LogP contribution in [0.15, 0.2) is 53.1 Å². The summed E-state index contributed by atoms with van der Waals surface area (Å²) in [5.41, 5.74) is 3.15. The Morgan fingerprint density at radius 3 is 2.96 bits per heavy atom. The van der Waals surface area contributed by atoms with Crippen LogP contribution in [0.1, 0.15) is 12.0 Å². The van der Waals surface area contributed by atoms with Gasteiger partial charge in [0.05, 0.1) is 18.1 Å². The lowest BCUT2D eigenvalue weighted by Gasteiger charge is -2.18. The number of nitrogens with zero attached hydrogens (tertiary/aromatic N) is 2. The summed E-state index contributed by atoms with van der Waals surface area (Å²) in [5.74, 6) is 0.192. The van der Waals surface area contributed by atoms with E-state index in [9.17, 15) is 4.79 Å². The van der Waals surface area contributed by atoms with Crippen molar-refractivity contribution in [1.29, 1.82) is 0 Å². The van der Waals surface area contributed by atoms with Gasteiger partial charge in [-0.15, -0.1) is 0 Å². The van der Waals surface area contributed by atoms with E-state index in [4.69, 9.17) is 0 Å². The van der Waals surface area contributed by atoms with E-state index in [0.29, 0.717) is 12.5 Å². The predicted octanol–water partition coefficient (Wildman–Crippen LogP) is 3.58. The van der Waals surface area contributed by atoms with Gasteiger partial charge in [0.1, 0.15) is 0 Å². The molecule has 5 nitrogen and oxygen atoms in total. The Labute approximate surface area is 154 Å². The van der Waals surface area contributed by atoms with Crippen molar-refractivity contribution in [2.45, 2.75) is 18.9 Å². The molecule has 2 heterocycles. The number of nitrogens with one attached hydrogen (secondary N) is 2. The molecule has 1 amide bonds. The number of hydrogen-bond acceptors (Lipinski definition) is 3. The van der Waals surface area contributed by atoms with Gasteiger partial charge in [-0.1, -0.05) is 28.1 Å². The molecule has 0 spiro atoms. The second-order valence-electron chi connectivity index (χ2n) is 6.44. The molecule has 0 aliphatic carbocycles.